The number of aliphatic imine (C=N–C) groups is 1. The maximum atomic E-state index is 13.1. The summed E-state index contributed by atoms with van der Waals surface area (Å²) < 4.78 is 18.5. The highest BCUT2D eigenvalue weighted by Crippen LogP contribution is 2.28. The highest BCUT2D eigenvalue weighted by molar-refractivity contribution is 8.14. The topological polar surface area (TPSA) is 54.8 Å². The van der Waals surface area contributed by atoms with E-state index in [9.17, 15) is 9.18 Å². The first-order chi connectivity index (χ1) is 11.6. The zero-order valence-corrected chi connectivity index (χ0v) is 13.9. The maximum absolute atomic E-state index is 13.1. The highest BCUT2D eigenvalue weighted by atomic mass is 32.2. The van der Waals surface area contributed by atoms with Crippen LogP contribution in [0.25, 0.3) is 0 Å². The van der Waals surface area contributed by atoms with Crippen molar-refractivity contribution in [2.45, 2.75) is 12.2 Å². The minimum atomic E-state index is -0.399. The van der Waals surface area contributed by atoms with Gasteiger partial charge in [-0.25, -0.2) is 9.38 Å². The average molecular weight is 345 g/mol. The Hall–Kier alpha value is -2.41. The average Bonchev–Trinajstić information content (AvgIpc) is 2.94. The summed E-state index contributed by atoms with van der Waals surface area (Å²) in [5, 5.41) is 0.877. The molecule has 1 amide bonds. The van der Waals surface area contributed by atoms with Crippen molar-refractivity contribution < 1.29 is 13.9 Å². The number of halogens is 1. The van der Waals surface area contributed by atoms with Gasteiger partial charge in [0.15, 0.2) is 11.8 Å². The van der Waals surface area contributed by atoms with E-state index in [1.54, 1.807) is 29.4 Å². The molecule has 1 aromatic carbocycles. The molecule has 124 valence electrons. The first-order valence-corrected chi connectivity index (χ1v) is 8.34. The van der Waals surface area contributed by atoms with Crippen molar-refractivity contribution in [3.63, 3.8) is 0 Å². The lowest BCUT2D eigenvalue weighted by molar-refractivity contribution is -0.129. The fourth-order valence-electron chi connectivity index (χ4n) is 2.22. The number of carbonyl (C=O) groups is 1. The van der Waals surface area contributed by atoms with Gasteiger partial charge >= 0.3 is 0 Å². The number of thioether (sulfide) groups is 1. The normalized spacial score (nSPS) is 18.8. The lowest BCUT2D eigenvalue weighted by atomic mass is 10.3. The third kappa shape index (κ3) is 4.11. The molecular weight excluding hydrogens is 329 g/mol. The van der Waals surface area contributed by atoms with E-state index in [0.29, 0.717) is 23.1 Å². The first kappa shape index (κ1) is 16.4. The van der Waals surface area contributed by atoms with Crippen LogP contribution in [0.4, 0.5) is 10.1 Å². The third-order valence-corrected chi connectivity index (χ3v) is 4.38. The minimum Gasteiger partial charge on any atom is -0.484 e. The number of hydrogen-bond acceptors (Lipinski definition) is 5. The number of aromatic nitrogens is 1. The van der Waals surface area contributed by atoms with Crippen molar-refractivity contribution in [1.29, 1.82) is 0 Å². The Kier molecular flexibility index (Phi) is 5.10. The van der Waals surface area contributed by atoms with E-state index in [1.807, 2.05) is 13.0 Å². The van der Waals surface area contributed by atoms with Crippen LogP contribution in [0.1, 0.15) is 6.92 Å². The molecule has 7 heteroatoms. The summed E-state index contributed by atoms with van der Waals surface area (Å²) >= 11 is 1.53. The third-order valence-electron chi connectivity index (χ3n) is 3.31. The number of benzene rings is 1. The van der Waals surface area contributed by atoms with E-state index in [0.717, 1.165) is 0 Å². The summed E-state index contributed by atoms with van der Waals surface area (Å²) in [5.41, 5.74) is 0.693. The smallest absolute Gasteiger partial charge is 0.266 e. The van der Waals surface area contributed by atoms with Gasteiger partial charge in [0.1, 0.15) is 11.6 Å². The quantitative estimate of drug-likeness (QED) is 0.853. The van der Waals surface area contributed by atoms with Gasteiger partial charge < -0.3 is 4.74 Å². The van der Waals surface area contributed by atoms with E-state index in [2.05, 4.69) is 9.98 Å². The van der Waals surface area contributed by atoms with Crippen LogP contribution in [0.2, 0.25) is 0 Å². The second-order valence-electron chi connectivity index (χ2n) is 5.28. The predicted octanol–water partition coefficient (Wildman–Crippen LogP) is 3.25. The molecule has 0 spiro atoms. The van der Waals surface area contributed by atoms with Crippen molar-refractivity contribution in [1.82, 2.24) is 9.88 Å². The van der Waals surface area contributed by atoms with Crippen molar-refractivity contribution in [3.05, 3.63) is 54.6 Å². The highest BCUT2D eigenvalue weighted by Gasteiger charge is 2.31. The zero-order chi connectivity index (χ0) is 16.9. The van der Waals surface area contributed by atoms with E-state index in [-0.39, 0.29) is 17.8 Å². The zero-order valence-electron chi connectivity index (χ0n) is 13.1. The van der Waals surface area contributed by atoms with Crippen LogP contribution in [0.3, 0.4) is 0 Å². The summed E-state index contributed by atoms with van der Waals surface area (Å²) in [5.74, 6) is -0.281. The van der Waals surface area contributed by atoms with E-state index in [4.69, 9.17) is 4.74 Å². The van der Waals surface area contributed by atoms with Crippen LogP contribution in [0.15, 0.2) is 53.8 Å². The van der Waals surface area contributed by atoms with Crippen molar-refractivity contribution in [3.8, 4) is 5.75 Å². The molecular formula is C17H16FN3O2S. The van der Waals surface area contributed by atoms with Crippen molar-refractivity contribution >= 4 is 28.5 Å². The first-order valence-electron chi connectivity index (χ1n) is 7.46. The fourth-order valence-corrected chi connectivity index (χ4v) is 3.27. The molecule has 1 aliphatic heterocycles. The maximum Gasteiger partial charge on any atom is 0.266 e. The molecule has 0 unspecified atom stereocenters. The molecule has 2 aromatic rings. The van der Waals surface area contributed by atoms with Crippen LogP contribution in [0.5, 0.6) is 5.75 Å². The second kappa shape index (κ2) is 7.44. The lowest BCUT2D eigenvalue weighted by Gasteiger charge is -2.16. The van der Waals surface area contributed by atoms with Crippen molar-refractivity contribution in [2.24, 2.45) is 4.99 Å². The Balaban J connectivity index is 1.69. The molecule has 3 rings (SSSR count). The molecule has 5 nitrogen and oxygen atoms in total. The molecule has 0 saturated carbocycles. The SMILES string of the molecule is C[C@@H]1CN(C(=O)COc2cccc(F)c2)C(=Nc2cccnc2)S1. The van der Waals surface area contributed by atoms with Gasteiger partial charge in [-0.2, -0.15) is 0 Å². The van der Waals surface area contributed by atoms with Gasteiger partial charge in [0.25, 0.3) is 5.91 Å². The summed E-state index contributed by atoms with van der Waals surface area (Å²) in [6.07, 6.45) is 3.31. The fraction of sp³-hybridized carbons (Fsp3) is 0.235. The lowest BCUT2D eigenvalue weighted by Crippen LogP contribution is -2.36. The minimum absolute atomic E-state index is 0.164. The summed E-state index contributed by atoms with van der Waals surface area (Å²) in [6.45, 7) is 2.43. The molecule has 1 atom stereocenters. The molecule has 1 saturated heterocycles. The van der Waals surface area contributed by atoms with Gasteiger partial charge in [-0.15, -0.1) is 0 Å². The Morgan fingerprint density at radius 3 is 3.08 bits per heavy atom. The number of pyridine rings is 1. The molecule has 1 aliphatic rings. The Morgan fingerprint density at radius 1 is 1.46 bits per heavy atom. The van der Waals surface area contributed by atoms with Crippen LogP contribution < -0.4 is 4.74 Å². The number of ether oxygens (including phenoxy) is 1. The van der Waals surface area contributed by atoms with Gasteiger partial charge in [-0.3, -0.25) is 14.7 Å². The van der Waals surface area contributed by atoms with Gasteiger partial charge in [0.05, 0.1) is 11.9 Å². The second-order valence-corrected chi connectivity index (χ2v) is 6.69. The van der Waals surface area contributed by atoms with Gasteiger partial charge in [-0.1, -0.05) is 24.8 Å². The van der Waals surface area contributed by atoms with Gasteiger partial charge in [0.2, 0.25) is 0 Å². The molecule has 2 heterocycles. The number of amidine groups is 1. The summed E-state index contributed by atoms with van der Waals surface area (Å²) in [7, 11) is 0. The Morgan fingerprint density at radius 2 is 2.33 bits per heavy atom. The van der Waals surface area contributed by atoms with E-state index < -0.39 is 5.82 Å². The number of nitrogens with zero attached hydrogens (tertiary/aromatic N) is 3. The van der Waals surface area contributed by atoms with Gasteiger partial charge in [-0.05, 0) is 24.3 Å². The standard InChI is InChI=1S/C17H16FN3O2S/c1-12-10-21(17(24-12)20-14-5-3-7-19-9-14)16(22)11-23-15-6-2-4-13(18)8-15/h2-9,12H,10-11H2,1H3/t12-/m1/s1. The van der Waals surface area contributed by atoms with Crippen LogP contribution in [-0.2, 0) is 4.79 Å². The van der Waals surface area contributed by atoms with E-state index in [1.165, 1.54) is 30.0 Å². The van der Waals surface area contributed by atoms with Crippen LogP contribution in [0, 0.1) is 5.82 Å². The molecule has 24 heavy (non-hydrogen) atoms. The molecule has 0 bridgehead atoms. The summed E-state index contributed by atoms with van der Waals surface area (Å²) in [6, 6.07) is 9.35. The number of hydrogen-bond donors (Lipinski definition) is 0. The largest absolute Gasteiger partial charge is 0.484 e. The number of amides is 1. The molecule has 0 N–H and O–H groups in total. The predicted molar refractivity (Wildman–Crippen MR) is 92.0 cm³/mol. The number of rotatable bonds is 4. The van der Waals surface area contributed by atoms with Gasteiger partial charge in [0, 0.05) is 24.1 Å². The molecule has 1 fully saturated rings. The van der Waals surface area contributed by atoms with Crippen LogP contribution >= 0.6 is 11.8 Å². The van der Waals surface area contributed by atoms with Crippen molar-refractivity contribution in [2.75, 3.05) is 13.2 Å². The van der Waals surface area contributed by atoms with Crippen LogP contribution in [-0.4, -0.2) is 39.4 Å². The molecule has 1 aromatic heterocycles. The van der Waals surface area contributed by atoms with E-state index >= 15 is 0 Å². The summed E-state index contributed by atoms with van der Waals surface area (Å²) in [4.78, 5) is 22.6. The Bertz CT molecular complexity index is 755. The monoisotopic (exact) mass is 345 g/mol. The Labute approximate surface area is 143 Å². The molecule has 0 radical (unpaired) electrons. The molecule has 0 aliphatic carbocycles. The number of carbonyl (C=O) groups excluding carboxylic acids is 1.